The molecule has 0 bridgehead atoms. The maximum atomic E-state index is 12.3. The molecule has 3 aromatic rings. The van der Waals surface area contributed by atoms with E-state index in [1.165, 1.54) is 24.3 Å². The highest BCUT2D eigenvalue weighted by molar-refractivity contribution is 5.81. The van der Waals surface area contributed by atoms with Gasteiger partial charge in [0.2, 0.25) is 0 Å². The molecule has 0 aliphatic heterocycles. The van der Waals surface area contributed by atoms with Gasteiger partial charge in [-0.3, -0.25) is 10.1 Å². The molecule has 0 N–H and O–H groups in total. The van der Waals surface area contributed by atoms with Crippen LogP contribution in [-0.2, 0) is 4.79 Å². The lowest BCUT2D eigenvalue weighted by Gasteiger charge is -2.13. The molecule has 1 aromatic heterocycles. The number of para-hydroxylation sites is 2. The van der Waals surface area contributed by atoms with Crippen LogP contribution in [0.2, 0.25) is 0 Å². The third-order valence-corrected chi connectivity index (χ3v) is 3.51. The number of carbonyl (C=O) groups excluding carboxylic acids is 1. The van der Waals surface area contributed by atoms with E-state index in [-0.39, 0.29) is 11.4 Å². The molecule has 1 heterocycles. The summed E-state index contributed by atoms with van der Waals surface area (Å²) in [6, 6.07) is 12.3. The fourth-order valence-electron chi connectivity index (χ4n) is 2.24. The molecule has 116 valence electrons. The maximum Gasteiger partial charge on any atom is 0.334 e. The van der Waals surface area contributed by atoms with Crippen molar-refractivity contribution in [1.82, 2.24) is 9.55 Å². The van der Waals surface area contributed by atoms with Crippen LogP contribution < -0.4 is 4.74 Å². The highest BCUT2D eigenvalue weighted by Crippen LogP contribution is 2.21. The van der Waals surface area contributed by atoms with E-state index in [1.807, 2.05) is 24.3 Å². The number of non-ortho nitro benzene ring substituents is 1. The van der Waals surface area contributed by atoms with Crippen LogP contribution >= 0.6 is 0 Å². The van der Waals surface area contributed by atoms with Crippen molar-refractivity contribution in [2.75, 3.05) is 0 Å². The number of aromatic nitrogens is 2. The number of hydrogen-bond acceptors (Lipinski definition) is 5. The third kappa shape index (κ3) is 2.89. The van der Waals surface area contributed by atoms with Crippen molar-refractivity contribution in [3.63, 3.8) is 0 Å². The molecule has 1 atom stereocenters. The quantitative estimate of drug-likeness (QED) is 0.320. The first kappa shape index (κ1) is 14.7. The Balaban J connectivity index is 1.78. The molecule has 0 radical (unpaired) electrons. The van der Waals surface area contributed by atoms with Gasteiger partial charge in [0.05, 0.1) is 22.3 Å². The molecule has 1 unspecified atom stereocenters. The third-order valence-electron chi connectivity index (χ3n) is 3.51. The summed E-state index contributed by atoms with van der Waals surface area (Å²) in [7, 11) is 0. The first-order chi connectivity index (χ1) is 11.1. The van der Waals surface area contributed by atoms with Crippen LogP contribution in [0.3, 0.4) is 0 Å². The van der Waals surface area contributed by atoms with Gasteiger partial charge < -0.3 is 9.30 Å². The number of fused-ring (bicyclic) bond motifs is 1. The lowest BCUT2D eigenvalue weighted by molar-refractivity contribution is -0.384. The SMILES string of the molecule is CC(C(=O)Oc1ccc([N+](=O)[O-])cc1)n1cnc2ccccc21. The molecular formula is C16H13N3O4. The van der Waals surface area contributed by atoms with Gasteiger partial charge in [-0.05, 0) is 31.2 Å². The number of nitrogens with zero attached hydrogens (tertiary/aromatic N) is 3. The van der Waals surface area contributed by atoms with Crippen molar-refractivity contribution in [2.24, 2.45) is 0 Å². The largest absolute Gasteiger partial charge is 0.425 e. The molecule has 3 rings (SSSR count). The highest BCUT2D eigenvalue weighted by Gasteiger charge is 2.19. The van der Waals surface area contributed by atoms with Crippen LogP contribution in [0, 0.1) is 10.1 Å². The summed E-state index contributed by atoms with van der Waals surface area (Å²) < 4.78 is 7.00. The van der Waals surface area contributed by atoms with Gasteiger partial charge in [0, 0.05) is 12.1 Å². The summed E-state index contributed by atoms with van der Waals surface area (Å²) in [5.41, 5.74) is 1.57. The number of nitro groups is 1. The number of imidazole rings is 1. The summed E-state index contributed by atoms with van der Waals surface area (Å²) in [6.45, 7) is 1.71. The summed E-state index contributed by atoms with van der Waals surface area (Å²) in [5.74, 6) is -0.209. The Morgan fingerprint density at radius 1 is 1.22 bits per heavy atom. The minimum atomic E-state index is -0.572. The Morgan fingerprint density at radius 2 is 1.91 bits per heavy atom. The van der Waals surface area contributed by atoms with Gasteiger partial charge in [-0.2, -0.15) is 0 Å². The van der Waals surface area contributed by atoms with Gasteiger partial charge in [-0.25, -0.2) is 9.78 Å². The number of hydrogen-bond donors (Lipinski definition) is 0. The topological polar surface area (TPSA) is 87.3 Å². The van der Waals surface area contributed by atoms with Crippen molar-refractivity contribution in [3.05, 3.63) is 65.0 Å². The second kappa shape index (κ2) is 5.88. The summed E-state index contributed by atoms with van der Waals surface area (Å²) >= 11 is 0. The van der Waals surface area contributed by atoms with Crippen LogP contribution in [0.5, 0.6) is 5.75 Å². The van der Waals surface area contributed by atoms with Crippen LogP contribution in [0.1, 0.15) is 13.0 Å². The fraction of sp³-hybridized carbons (Fsp3) is 0.125. The zero-order valence-corrected chi connectivity index (χ0v) is 12.2. The lowest BCUT2D eigenvalue weighted by atomic mass is 10.2. The Kier molecular flexibility index (Phi) is 3.76. The van der Waals surface area contributed by atoms with E-state index in [1.54, 1.807) is 17.8 Å². The predicted octanol–water partition coefficient (Wildman–Crippen LogP) is 3.11. The van der Waals surface area contributed by atoms with Crippen LogP contribution in [0.15, 0.2) is 54.9 Å². The van der Waals surface area contributed by atoms with Gasteiger partial charge in [0.25, 0.3) is 5.69 Å². The number of ether oxygens (including phenoxy) is 1. The van der Waals surface area contributed by atoms with Gasteiger partial charge >= 0.3 is 5.97 Å². The number of nitro benzene ring substituents is 1. The summed E-state index contributed by atoms with van der Waals surface area (Å²) in [6.07, 6.45) is 1.59. The van der Waals surface area contributed by atoms with Crippen LogP contribution in [0.25, 0.3) is 11.0 Å². The standard InChI is InChI=1S/C16H13N3O4/c1-11(18-10-17-14-4-2-3-5-15(14)18)16(20)23-13-8-6-12(7-9-13)19(21)22/h2-11H,1H3. The zero-order valence-electron chi connectivity index (χ0n) is 12.2. The predicted molar refractivity (Wildman–Crippen MR) is 83.2 cm³/mol. The Labute approximate surface area is 131 Å². The molecule has 7 heteroatoms. The van der Waals surface area contributed by atoms with Gasteiger partial charge in [0.1, 0.15) is 11.8 Å². The van der Waals surface area contributed by atoms with E-state index < -0.39 is 16.9 Å². The molecule has 7 nitrogen and oxygen atoms in total. The van der Waals surface area contributed by atoms with Gasteiger partial charge in [-0.1, -0.05) is 12.1 Å². The lowest BCUT2D eigenvalue weighted by Crippen LogP contribution is -2.21. The molecule has 0 saturated carbocycles. The summed E-state index contributed by atoms with van der Waals surface area (Å²) in [5, 5.41) is 10.6. The molecule has 0 aliphatic rings. The molecule has 0 saturated heterocycles. The normalized spacial score (nSPS) is 12.0. The Morgan fingerprint density at radius 3 is 2.61 bits per heavy atom. The van der Waals surface area contributed by atoms with Crippen LogP contribution in [-0.4, -0.2) is 20.4 Å². The highest BCUT2D eigenvalue weighted by atomic mass is 16.6. The van der Waals surface area contributed by atoms with E-state index in [4.69, 9.17) is 4.74 Å². The maximum absolute atomic E-state index is 12.3. The van der Waals surface area contributed by atoms with E-state index >= 15 is 0 Å². The molecule has 0 aliphatic carbocycles. The van der Waals surface area contributed by atoms with Crippen LogP contribution in [0.4, 0.5) is 5.69 Å². The minimum absolute atomic E-state index is 0.0570. The second-order valence-corrected chi connectivity index (χ2v) is 4.99. The van der Waals surface area contributed by atoms with Crippen molar-refractivity contribution in [2.45, 2.75) is 13.0 Å². The summed E-state index contributed by atoms with van der Waals surface area (Å²) in [4.78, 5) is 26.6. The van der Waals surface area contributed by atoms with E-state index in [2.05, 4.69) is 4.98 Å². The Bertz CT molecular complexity index is 870. The molecule has 0 spiro atoms. The smallest absolute Gasteiger partial charge is 0.334 e. The molecule has 23 heavy (non-hydrogen) atoms. The van der Waals surface area contributed by atoms with Gasteiger partial charge in [0.15, 0.2) is 0 Å². The molecule has 0 fully saturated rings. The first-order valence-electron chi connectivity index (χ1n) is 6.94. The van der Waals surface area contributed by atoms with Crippen molar-refractivity contribution in [1.29, 1.82) is 0 Å². The molecule has 0 amide bonds. The number of benzene rings is 2. The number of carbonyl (C=O) groups is 1. The average Bonchev–Trinajstić information content (AvgIpc) is 2.98. The average molecular weight is 311 g/mol. The van der Waals surface area contributed by atoms with E-state index in [9.17, 15) is 14.9 Å². The first-order valence-corrected chi connectivity index (χ1v) is 6.94. The van der Waals surface area contributed by atoms with Crippen molar-refractivity contribution < 1.29 is 14.5 Å². The monoisotopic (exact) mass is 311 g/mol. The van der Waals surface area contributed by atoms with E-state index in [0.29, 0.717) is 0 Å². The number of esters is 1. The molecular weight excluding hydrogens is 298 g/mol. The van der Waals surface area contributed by atoms with Crippen molar-refractivity contribution in [3.8, 4) is 5.75 Å². The number of rotatable bonds is 4. The second-order valence-electron chi connectivity index (χ2n) is 4.99. The fourth-order valence-corrected chi connectivity index (χ4v) is 2.24. The zero-order chi connectivity index (χ0) is 16.4. The van der Waals surface area contributed by atoms with E-state index in [0.717, 1.165) is 11.0 Å². The van der Waals surface area contributed by atoms with Gasteiger partial charge in [-0.15, -0.1) is 0 Å². The molecule has 2 aromatic carbocycles. The van der Waals surface area contributed by atoms with Crippen molar-refractivity contribution >= 4 is 22.7 Å². The minimum Gasteiger partial charge on any atom is -0.425 e. The Hall–Kier alpha value is -3.22.